The first-order chi connectivity index (χ1) is 9.53. The molecule has 1 amide bonds. The van der Waals surface area contributed by atoms with Crippen molar-refractivity contribution in [2.24, 2.45) is 5.41 Å². The summed E-state index contributed by atoms with van der Waals surface area (Å²) in [5.74, 6) is -1.04. The molecular weight excluding hydrogens is 262 g/mol. The highest BCUT2D eigenvalue weighted by atomic mass is 16.4. The van der Waals surface area contributed by atoms with E-state index in [0.717, 1.165) is 32.1 Å². The molecule has 1 aliphatic rings. The zero-order chi connectivity index (χ0) is 15.0. The summed E-state index contributed by atoms with van der Waals surface area (Å²) < 4.78 is 0. The van der Waals surface area contributed by atoms with Crippen molar-refractivity contribution in [3.05, 3.63) is 0 Å². The highest BCUT2D eigenvalue weighted by Crippen LogP contribution is 2.42. The second kappa shape index (κ2) is 8.21. The van der Waals surface area contributed by atoms with Crippen LogP contribution in [0.15, 0.2) is 0 Å². The number of hydrogen-bond acceptors (Lipinski definition) is 4. The molecule has 116 valence electrons. The number of hydrogen-bond donors (Lipinski definition) is 3. The zero-order valence-electron chi connectivity index (χ0n) is 11.9. The smallest absolute Gasteiger partial charge is 0.303 e. The molecule has 0 heterocycles. The topological polar surface area (TPSA) is 98.1 Å². The summed E-state index contributed by atoms with van der Waals surface area (Å²) in [6, 6.07) is 0. The molecule has 1 aliphatic carbocycles. The maximum absolute atomic E-state index is 12.3. The maximum Gasteiger partial charge on any atom is 0.303 e. The normalized spacial score (nSPS) is 17.7. The van der Waals surface area contributed by atoms with Crippen molar-refractivity contribution in [3.63, 3.8) is 0 Å². The first kappa shape index (κ1) is 16.9. The van der Waals surface area contributed by atoms with Crippen molar-refractivity contribution < 1.29 is 24.9 Å². The molecule has 6 nitrogen and oxygen atoms in total. The number of aliphatic hydroxyl groups excluding tert-OH is 2. The standard InChI is InChI=1S/C14H25NO5/c16-8-6-15(7-9-17)12(18)10-14(11-13(19)20)4-2-1-3-5-14/h16-17H,1-11H2,(H,19,20). The van der Waals surface area contributed by atoms with E-state index >= 15 is 0 Å². The fourth-order valence-corrected chi connectivity index (χ4v) is 3.07. The average Bonchev–Trinajstić information content (AvgIpc) is 2.38. The molecular formula is C14H25NO5. The van der Waals surface area contributed by atoms with Gasteiger partial charge in [0.2, 0.25) is 5.91 Å². The van der Waals surface area contributed by atoms with Gasteiger partial charge in [0, 0.05) is 19.5 Å². The molecule has 0 radical (unpaired) electrons. The third-order valence-electron chi connectivity index (χ3n) is 4.06. The van der Waals surface area contributed by atoms with Crippen molar-refractivity contribution in [2.75, 3.05) is 26.3 Å². The lowest BCUT2D eigenvalue weighted by atomic mass is 9.69. The molecule has 1 rings (SSSR count). The molecule has 0 aromatic heterocycles. The number of carbonyl (C=O) groups excluding carboxylic acids is 1. The van der Waals surface area contributed by atoms with E-state index in [1.54, 1.807) is 0 Å². The number of carbonyl (C=O) groups is 2. The van der Waals surface area contributed by atoms with Crippen LogP contribution in [0.1, 0.15) is 44.9 Å². The average molecular weight is 287 g/mol. The van der Waals surface area contributed by atoms with Crippen LogP contribution < -0.4 is 0 Å². The summed E-state index contributed by atoms with van der Waals surface area (Å²) in [5.41, 5.74) is -0.454. The summed E-state index contributed by atoms with van der Waals surface area (Å²) in [4.78, 5) is 24.8. The van der Waals surface area contributed by atoms with Gasteiger partial charge in [-0.05, 0) is 18.3 Å². The number of rotatable bonds is 8. The fourth-order valence-electron chi connectivity index (χ4n) is 3.07. The number of aliphatic carboxylic acids is 1. The molecule has 6 heteroatoms. The van der Waals surface area contributed by atoms with Crippen LogP contribution in [0.5, 0.6) is 0 Å². The Morgan fingerprint density at radius 2 is 1.50 bits per heavy atom. The maximum atomic E-state index is 12.3. The van der Waals surface area contributed by atoms with Crippen molar-refractivity contribution >= 4 is 11.9 Å². The van der Waals surface area contributed by atoms with Gasteiger partial charge in [0.25, 0.3) is 0 Å². The molecule has 1 fully saturated rings. The highest BCUT2D eigenvalue weighted by molar-refractivity contribution is 5.78. The molecule has 0 aromatic rings. The van der Waals surface area contributed by atoms with Crippen LogP contribution in [0, 0.1) is 5.41 Å². The predicted molar refractivity (Wildman–Crippen MR) is 73.1 cm³/mol. The fraction of sp³-hybridized carbons (Fsp3) is 0.857. The first-order valence-electron chi connectivity index (χ1n) is 7.24. The third kappa shape index (κ3) is 5.09. The summed E-state index contributed by atoms with van der Waals surface area (Å²) in [6.07, 6.45) is 4.74. The monoisotopic (exact) mass is 287 g/mol. The largest absolute Gasteiger partial charge is 0.481 e. The molecule has 0 aromatic carbocycles. The van der Waals surface area contributed by atoms with E-state index < -0.39 is 11.4 Å². The molecule has 0 bridgehead atoms. The zero-order valence-corrected chi connectivity index (χ0v) is 11.9. The lowest BCUT2D eigenvalue weighted by Gasteiger charge is -2.37. The number of nitrogens with zero attached hydrogens (tertiary/aromatic N) is 1. The minimum absolute atomic E-state index is 0.0187. The van der Waals surface area contributed by atoms with Gasteiger partial charge in [0.05, 0.1) is 19.6 Å². The van der Waals surface area contributed by atoms with E-state index in [0.29, 0.717) is 0 Å². The van der Waals surface area contributed by atoms with Gasteiger partial charge in [0.15, 0.2) is 0 Å². The molecule has 0 saturated heterocycles. The van der Waals surface area contributed by atoms with Gasteiger partial charge in [-0.25, -0.2) is 0 Å². The highest BCUT2D eigenvalue weighted by Gasteiger charge is 2.37. The number of aliphatic hydroxyl groups is 2. The summed E-state index contributed by atoms with van der Waals surface area (Å²) in [5, 5.41) is 27.0. The van der Waals surface area contributed by atoms with Gasteiger partial charge in [0.1, 0.15) is 0 Å². The minimum atomic E-state index is -0.865. The minimum Gasteiger partial charge on any atom is -0.481 e. The Morgan fingerprint density at radius 3 is 1.95 bits per heavy atom. The Morgan fingerprint density at radius 1 is 0.950 bits per heavy atom. The second-order valence-electron chi connectivity index (χ2n) is 5.64. The van der Waals surface area contributed by atoms with Crippen LogP contribution in [0.2, 0.25) is 0 Å². The number of carboxylic acids is 1. The van der Waals surface area contributed by atoms with Crippen LogP contribution >= 0.6 is 0 Å². The molecule has 0 spiro atoms. The summed E-state index contributed by atoms with van der Waals surface area (Å²) >= 11 is 0. The van der Waals surface area contributed by atoms with Gasteiger partial charge < -0.3 is 20.2 Å². The summed E-state index contributed by atoms with van der Waals surface area (Å²) in [6.45, 7) is 0.0560. The number of carboxylic acid groups (broad SMARTS) is 1. The lowest BCUT2D eigenvalue weighted by Crippen LogP contribution is -2.40. The van der Waals surface area contributed by atoms with E-state index in [1.165, 1.54) is 4.90 Å². The van der Waals surface area contributed by atoms with Crippen LogP contribution in [-0.4, -0.2) is 58.4 Å². The molecule has 20 heavy (non-hydrogen) atoms. The third-order valence-corrected chi connectivity index (χ3v) is 4.06. The van der Waals surface area contributed by atoms with E-state index in [-0.39, 0.29) is 45.1 Å². The SMILES string of the molecule is O=C(O)CC1(CC(=O)N(CCO)CCO)CCCCC1. The van der Waals surface area contributed by atoms with E-state index in [4.69, 9.17) is 15.3 Å². The van der Waals surface area contributed by atoms with Gasteiger partial charge in [-0.2, -0.15) is 0 Å². The van der Waals surface area contributed by atoms with Crippen LogP contribution in [-0.2, 0) is 9.59 Å². The van der Waals surface area contributed by atoms with E-state index in [1.807, 2.05) is 0 Å². The van der Waals surface area contributed by atoms with Crippen molar-refractivity contribution in [2.45, 2.75) is 44.9 Å². The molecule has 0 unspecified atom stereocenters. The van der Waals surface area contributed by atoms with E-state index in [2.05, 4.69) is 0 Å². The Hall–Kier alpha value is -1.14. The molecule has 0 atom stereocenters. The second-order valence-corrected chi connectivity index (χ2v) is 5.64. The van der Waals surface area contributed by atoms with E-state index in [9.17, 15) is 9.59 Å². The first-order valence-corrected chi connectivity index (χ1v) is 7.24. The van der Waals surface area contributed by atoms with Crippen LogP contribution in [0.25, 0.3) is 0 Å². The Balaban J connectivity index is 2.71. The predicted octanol–water partition coefficient (Wildman–Crippen LogP) is 0.615. The van der Waals surface area contributed by atoms with Gasteiger partial charge in [-0.3, -0.25) is 9.59 Å². The quantitative estimate of drug-likeness (QED) is 0.608. The Bertz CT molecular complexity index is 320. The Kier molecular flexibility index (Phi) is 6.95. The lowest BCUT2D eigenvalue weighted by molar-refractivity contribution is -0.143. The molecule has 1 saturated carbocycles. The Labute approximate surface area is 119 Å². The van der Waals surface area contributed by atoms with Crippen molar-refractivity contribution in [1.29, 1.82) is 0 Å². The van der Waals surface area contributed by atoms with Crippen molar-refractivity contribution in [3.8, 4) is 0 Å². The van der Waals surface area contributed by atoms with Crippen molar-refractivity contribution in [1.82, 2.24) is 4.90 Å². The van der Waals surface area contributed by atoms with Gasteiger partial charge in [-0.1, -0.05) is 19.3 Å². The molecule has 3 N–H and O–H groups in total. The van der Waals surface area contributed by atoms with Gasteiger partial charge >= 0.3 is 5.97 Å². The van der Waals surface area contributed by atoms with Gasteiger partial charge in [-0.15, -0.1) is 0 Å². The van der Waals surface area contributed by atoms with Crippen LogP contribution in [0.3, 0.4) is 0 Å². The van der Waals surface area contributed by atoms with Crippen LogP contribution in [0.4, 0.5) is 0 Å². The number of amides is 1. The summed E-state index contributed by atoms with van der Waals surface area (Å²) in [7, 11) is 0. The molecule has 0 aliphatic heterocycles.